The van der Waals surface area contributed by atoms with Crippen molar-refractivity contribution in [3.8, 4) is 11.5 Å². The molecule has 0 saturated carbocycles. The highest BCUT2D eigenvalue weighted by molar-refractivity contribution is 9.10. The molecule has 0 amide bonds. The van der Waals surface area contributed by atoms with Crippen LogP contribution >= 0.6 is 15.9 Å². The van der Waals surface area contributed by atoms with Gasteiger partial charge in [-0.1, -0.05) is 6.07 Å². The van der Waals surface area contributed by atoms with Crippen LogP contribution in [0.3, 0.4) is 0 Å². The third-order valence-corrected chi connectivity index (χ3v) is 3.87. The van der Waals surface area contributed by atoms with Crippen LogP contribution in [-0.2, 0) is 13.2 Å². The summed E-state index contributed by atoms with van der Waals surface area (Å²) in [7, 11) is 1.62. The largest absolute Gasteiger partial charge is 0.493 e. The molecule has 24 heavy (non-hydrogen) atoms. The highest BCUT2D eigenvalue weighted by atomic mass is 79.9. The van der Waals surface area contributed by atoms with Crippen LogP contribution in [0.25, 0.3) is 0 Å². The van der Waals surface area contributed by atoms with E-state index < -0.39 is 0 Å². The highest BCUT2D eigenvalue weighted by Crippen LogP contribution is 2.37. The van der Waals surface area contributed by atoms with Gasteiger partial charge in [-0.05, 0) is 39.7 Å². The molecule has 0 unspecified atom stereocenters. The molecule has 0 spiro atoms. The fraction of sp³-hybridized carbons (Fsp3) is 0.188. The molecule has 7 nitrogen and oxygen atoms in total. The molecule has 3 rings (SSSR count). The number of benzene rings is 1. The monoisotopic (exact) mass is 389 g/mol. The second-order valence-corrected chi connectivity index (χ2v) is 5.82. The molecule has 0 aliphatic carbocycles. The number of rotatable bonds is 7. The summed E-state index contributed by atoms with van der Waals surface area (Å²) in [6.45, 7) is 1.01. The van der Waals surface area contributed by atoms with E-state index in [1.807, 2.05) is 24.3 Å². The Kier molecular flexibility index (Phi) is 5.27. The first-order valence-corrected chi connectivity index (χ1v) is 8.02. The summed E-state index contributed by atoms with van der Waals surface area (Å²) in [6.07, 6.45) is 6.70. The van der Waals surface area contributed by atoms with Gasteiger partial charge in [0.25, 0.3) is 0 Å². The van der Waals surface area contributed by atoms with Crippen LogP contribution in [0.4, 0.5) is 0 Å². The summed E-state index contributed by atoms with van der Waals surface area (Å²) in [4.78, 5) is 4.08. The fourth-order valence-electron chi connectivity index (χ4n) is 2.12. The zero-order valence-corrected chi connectivity index (χ0v) is 14.6. The maximum absolute atomic E-state index is 5.89. The molecule has 0 saturated heterocycles. The lowest BCUT2D eigenvalue weighted by molar-refractivity contribution is 0.282. The minimum absolute atomic E-state index is 0.418. The normalized spacial score (nSPS) is 10.4. The lowest BCUT2D eigenvalue weighted by atomic mass is 10.2. The zero-order chi connectivity index (χ0) is 16.8. The third kappa shape index (κ3) is 4.02. The van der Waals surface area contributed by atoms with Crippen molar-refractivity contribution in [3.63, 3.8) is 0 Å². The molecule has 2 heterocycles. The Balaban J connectivity index is 1.72. The molecule has 2 aromatic heterocycles. The Hall–Kier alpha value is -2.61. The van der Waals surface area contributed by atoms with Crippen molar-refractivity contribution in [3.05, 3.63) is 64.9 Å². The molecule has 0 aliphatic heterocycles. The Morgan fingerprint density at radius 3 is 2.75 bits per heavy atom. The van der Waals surface area contributed by atoms with E-state index in [0.717, 1.165) is 15.6 Å². The van der Waals surface area contributed by atoms with E-state index >= 15 is 0 Å². The lowest BCUT2D eigenvalue weighted by Gasteiger charge is -2.15. The Morgan fingerprint density at radius 1 is 1.21 bits per heavy atom. The van der Waals surface area contributed by atoms with Crippen molar-refractivity contribution >= 4 is 15.9 Å². The van der Waals surface area contributed by atoms with E-state index in [4.69, 9.17) is 9.47 Å². The molecular formula is C16H16BrN5O2. The maximum Gasteiger partial charge on any atom is 0.175 e. The van der Waals surface area contributed by atoms with Gasteiger partial charge >= 0.3 is 0 Å². The molecule has 0 aliphatic rings. The van der Waals surface area contributed by atoms with E-state index in [0.29, 0.717) is 24.7 Å². The predicted molar refractivity (Wildman–Crippen MR) is 92.3 cm³/mol. The molecule has 0 bridgehead atoms. The minimum atomic E-state index is 0.418. The van der Waals surface area contributed by atoms with Crippen LogP contribution in [0.1, 0.15) is 11.1 Å². The van der Waals surface area contributed by atoms with E-state index in [1.165, 1.54) is 0 Å². The van der Waals surface area contributed by atoms with Crippen LogP contribution < -0.4 is 14.9 Å². The zero-order valence-electron chi connectivity index (χ0n) is 13.0. The number of methoxy groups -OCH3 is 1. The molecule has 0 radical (unpaired) electrons. The number of hydrogen-bond donors (Lipinski definition) is 1. The number of halogens is 1. The first-order valence-electron chi connectivity index (χ1n) is 7.23. The van der Waals surface area contributed by atoms with Crippen LogP contribution in [0, 0.1) is 0 Å². The van der Waals surface area contributed by atoms with Crippen molar-refractivity contribution in [2.75, 3.05) is 12.5 Å². The van der Waals surface area contributed by atoms with E-state index in [2.05, 4.69) is 36.5 Å². The highest BCUT2D eigenvalue weighted by Gasteiger charge is 2.12. The smallest absolute Gasteiger partial charge is 0.175 e. The Labute approximate surface area is 147 Å². The molecule has 3 aromatic rings. The second-order valence-electron chi connectivity index (χ2n) is 4.96. The topological polar surface area (TPSA) is 74.1 Å². The average Bonchev–Trinajstić information content (AvgIpc) is 3.13. The standard InChI is InChI=1S/C16H16BrN5O2/c1-23-15-6-13(8-21-22-10-19-20-11-22)5-14(17)16(15)24-9-12-3-2-4-18-7-12/h2-7,10-11,21H,8-9H2,1H3. The first kappa shape index (κ1) is 16.3. The minimum Gasteiger partial charge on any atom is -0.493 e. The summed E-state index contributed by atoms with van der Waals surface area (Å²) >= 11 is 3.55. The van der Waals surface area contributed by atoms with Crippen molar-refractivity contribution in [1.82, 2.24) is 19.9 Å². The molecule has 8 heteroatoms. The molecule has 1 aromatic carbocycles. The number of nitrogens with one attached hydrogen (secondary N) is 1. The van der Waals surface area contributed by atoms with Gasteiger partial charge in [0.05, 0.1) is 18.1 Å². The summed E-state index contributed by atoms with van der Waals surface area (Å²) in [5.41, 5.74) is 5.18. The van der Waals surface area contributed by atoms with E-state index in [-0.39, 0.29) is 0 Å². The Morgan fingerprint density at radius 2 is 2.04 bits per heavy atom. The van der Waals surface area contributed by atoms with Gasteiger partial charge in [0.15, 0.2) is 11.5 Å². The maximum atomic E-state index is 5.89. The van der Waals surface area contributed by atoms with Gasteiger partial charge in [-0.3, -0.25) is 4.98 Å². The molecular weight excluding hydrogens is 374 g/mol. The average molecular weight is 390 g/mol. The van der Waals surface area contributed by atoms with Gasteiger partial charge in [-0.2, -0.15) is 0 Å². The van der Waals surface area contributed by atoms with Crippen molar-refractivity contribution < 1.29 is 9.47 Å². The fourth-order valence-corrected chi connectivity index (χ4v) is 2.72. The SMILES string of the molecule is COc1cc(CNn2cnnc2)cc(Br)c1OCc1cccnc1. The third-order valence-electron chi connectivity index (χ3n) is 3.28. The van der Waals surface area contributed by atoms with Crippen LogP contribution in [0.2, 0.25) is 0 Å². The first-order chi connectivity index (χ1) is 11.8. The quantitative estimate of drug-likeness (QED) is 0.669. The molecule has 0 atom stereocenters. The Bertz CT molecular complexity index is 781. The number of pyridine rings is 1. The van der Waals surface area contributed by atoms with E-state index in [9.17, 15) is 0 Å². The predicted octanol–water partition coefficient (Wildman–Crippen LogP) is 2.77. The van der Waals surface area contributed by atoms with Gasteiger partial charge in [0.1, 0.15) is 19.3 Å². The van der Waals surface area contributed by atoms with Gasteiger partial charge in [-0.25, -0.2) is 4.68 Å². The summed E-state index contributed by atoms with van der Waals surface area (Å²) in [5.74, 6) is 1.32. The van der Waals surface area contributed by atoms with Gasteiger partial charge in [0.2, 0.25) is 0 Å². The van der Waals surface area contributed by atoms with Crippen molar-refractivity contribution in [2.45, 2.75) is 13.2 Å². The van der Waals surface area contributed by atoms with Gasteiger partial charge in [-0.15, -0.1) is 10.2 Å². The molecule has 1 N–H and O–H groups in total. The number of nitrogens with zero attached hydrogens (tertiary/aromatic N) is 4. The van der Waals surface area contributed by atoms with Crippen molar-refractivity contribution in [1.29, 1.82) is 0 Å². The van der Waals surface area contributed by atoms with Crippen LogP contribution in [-0.4, -0.2) is 27.0 Å². The van der Waals surface area contributed by atoms with Crippen molar-refractivity contribution in [2.24, 2.45) is 0 Å². The summed E-state index contributed by atoms with van der Waals surface area (Å²) in [6, 6.07) is 7.76. The number of aromatic nitrogens is 4. The summed E-state index contributed by atoms with van der Waals surface area (Å²) < 4.78 is 13.9. The van der Waals surface area contributed by atoms with Crippen LogP contribution in [0.15, 0.2) is 53.8 Å². The number of hydrogen-bond acceptors (Lipinski definition) is 6. The molecule has 124 valence electrons. The van der Waals surface area contributed by atoms with Gasteiger partial charge < -0.3 is 14.9 Å². The number of ether oxygens (including phenoxy) is 2. The molecule has 0 fully saturated rings. The van der Waals surface area contributed by atoms with Gasteiger partial charge in [0, 0.05) is 18.0 Å². The van der Waals surface area contributed by atoms with E-state index in [1.54, 1.807) is 36.8 Å². The lowest BCUT2D eigenvalue weighted by Crippen LogP contribution is -2.12. The summed E-state index contributed by atoms with van der Waals surface area (Å²) in [5, 5.41) is 7.49. The van der Waals surface area contributed by atoms with Crippen LogP contribution in [0.5, 0.6) is 11.5 Å². The second kappa shape index (κ2) is 7.78.